The Morgan fingerprint density at radius 1 is 1.37 bits per heavy atom. The van der Waals surface area contributed by atoms with E-state index in [2.05, 4.69) is 32.0 Å². The molecule has 3 aliphatic rings. The van der Waals surface area contributed by atoms with Crippen molar-refractivity contribution >= 4 is 35.8 Å². The predicted molar refractivity (Wildman–Crippen MR) is 106 cm³/mol. The van der Waals surface area contributed by atoms with Gasteiger partial charge in [0, 0.05) is 25.6 Å². The molecule has 1 aromatic heterocycles. The van der Waals surface area contributed by atoms with E-state index in [1.54, 1.807) is 0 Å². The van der Waals surface area contributed by atoms with Crippen molar-refractivity contribution in [2.45, 2.75) is 57.5 Å². The molecule has 1 aromatic rings. The Kier molecular flexibility index (Phi) is 6.70. The van der Waals surface area contributed by atoms with Crippen LogP contribution in [-0.4, -0.2) is 58.0 Å². The van der Waals surface area contributed by atoms with E-state index < -0.39 is 0 Å². The van der Waals surface area contributed by atoms with E-state index in [4.69, 9.17) is 0 Å². The van der Waals surface area contributed by atoms with E-state index in [0.717, 1.165) is 62.4 Å². The van der Waals surface area contributed by atoms with Gasteiger partial charge >= 0.3 is 0 Å². The first kappa shape index (κ1) is 20.5. The summed E-state index contributed by atoms with van der Waals surface area (Å²) in [5.41, 5.74) is 0.782. The Labute approximate surface area is 170 Å². The van der Waals surface area contributed by atoms with Gasteiger partial charge in [-0.2, -0.15) is 0 Å². The number of piperidine rings is 3. The SMILES string of the molecule is CCCc1nnsc1C(=O)NC[C@H]1[C@@H]2CNC[C@@H](C2)[C@@H]2CCCC(=O)N21.Cl. The Bertz CT molecular complexity index is 684. The fraction of sp³-hybridized carbons (Fsp3) is 0.778. The third-order valence-electron chi connectivity index (χ3n) is 6.12. The van der Waals surface area contributed by atoms with E-state index >= 15 is 0 Å². The highest BCUT2D eigenvalue weighted by atomic mass is 35.5. The maximum Gasteiger partial charge on any atom is 0.265 e. The fourth-order valence-corrected chi connectivity index (χ4v) is 5.58. The minimum absolute atomic E-state index is 0. The van der Waals surface area contributed by atoms with Crippen molar-refractivity contribution in [2.75, 3.05) is 19.6 Å². The van der Waals surface area contributed by atoms with Crippen molar-refractivity contribution < 1.29 is 9.59 Å². The minimum Gasteiger partial charge on any atom is -0.349 e. The summed E-state index contributed by atoms with van der Waals surface area (Å²) in [7, 11) is 0. The number of aryl methyl sites for hydroxylation is 1. The van der Waals surface area contributed by atoms with Gasteiger partial charge in [-0.1, -0.05) is 17.8 Å². The first-order chi connectivity index (χ1) is 12.7. The zero-order chi connectivity index (χ0) is 18.1. The first-order valence-corrected chi connectivity index (χ1v) is 10.6. The van der Waals surface area contributed by atoms with Gasteiger partial charge in [0.05, 0.1) is 11.7 Å². The third-order valence-corrected chi connectivity index (χ3v) is 6.89. The molecule has 4 heterocycles. The average Bonchev–Trinajstić information content (AvgIpc) is 3.11. The number of aromatic nitrogens is 2. The number of carbonyl (C=O) groups excluding carboxylic acids is 2. The molecule has 0 radical (unpaired) electrons. The molecule has 0 unspecified atom stereocenters. The van der Waals surface area contributed by atoms with Crippen LogP contribution in [0.25, 0.3) is 0 Å². The summed E-state index contributed by atoms with van der Waals surface area (Å²) in [6, 6.07) is 0.430. The molecule has 7 nitrogen and oxygen atoms in total. The number of amides is 2. The second kappa shape index (κ2) is 8.84. The number of fused-ring (bicyclic) bond motifs is 4. The summed E-state index contributed by atoms with van der Waals surface area (Å²) in [5, 5.41) is 10.7. The molecule has 4 rings (SSSR count). The van der Waals surface area contributed by atoms with Crippen molar-refractivity contribution in [3.8, 4) is 0 Å². The molecular weight excluding hydrogens is 386 g/mol. The number of carbonyl (C=O) groups is 2. The van der Waals surface area contributed by atoms with Crippen molar-refractivity contribution in [3.05, 3.63) is 10.6 Å². The summed E-state index contributed by atoms with van der Waals surface area (Å²) in [6.45, 7) is 4.52. The molecule has 0 aromatic carbocycles. The average molecular weight is 414 g/mol. The molecule has 27 heavy (non-hydrogen) atoms. The van der Waals surface area contributed by atoms with Crippen LogP contribution in [0.15, 0.2) is 0 Å². The largest absolute Gasteiger partial charge is 0.349 e. The third kappa shape index (κ3) is 3.98. The molecule has 0 spiro atoms. The molecule has 2 amide bonds. The summed E-state index contributed by atoms with van der Waals surface area (Å²) < 4.78 is 3.94. The molecular formula is C18H28ClN5O2S. The predicted octanol–water partition coefficient (Wildman–Crippen LogP) is 1.63. The van der Waals surface area contributed by atoms with Gasteiger partial charge < -0.3 is 15.5 Å². The molecule has 0 saturated carbocycles. The Hall–Kier alpha value is -1.25. The van der Waals surface area contributed by atoms with Crippen LogP contribution in [0.5, 0.6) is 0 Å². The van der Waals surface area contributed by atoms with Gasteiger partial charge in [-0.25, -0.2) is 0 Å². The molecule has 0 aliphatic carbocycles. The van der Waals surface area contributed by atoms with E-state index in [1.165, 1.54) is 0 Å². The number of hydrogen-bond acceptors (Lipinski definition) is 6. The fourth-order valence-electron chi connectivity index (χ4n) is 4.96. The number of hydrogen-bond donors (Lipinski definition) is 2. The smallest absolute Gasteiger partial charge is 0.265 e. The molecule has 9 heteroatoms. The van der Waals surface area contributed by atoms with Crippen molar-refractivity contribution in [1.29, 1.82) is 0 Å². The van der Waals surface area contributed by atoms with Gasteiger partial charge in [0.25, 0.3) is 5.91 Å². The number of halogens is 1. The van der Waals surface area contributed by atoms with E-state index in [0.29, 0.717) is 35.7 Å². The Morgan fingerprint density at radius 2 is 2.19 bits per heavy atom. The molecule has 3 saturated heterocycles. The first-order valence-electron chi connectivity index (χ1n) is 9.80. The van der Waals surface area contributed by atoms with Crippen molar-refractivity contribution in [3.63, 3.8) is 0 Å². The standard InChI is InChI=1S/C18H27N5O2S.ClH/c1-2-4-13-17(26-22-21-13)18(25)20-10-15-12-7-11(8-19-9-12)14-5-3-6-16(24)23(14)15;/h11-12,14-15,19H,2-10H2,1H3,(H,20,25);1H/t11-,12+,14+,15+;/m1./s1. The van der Waals surface area contributed by atoms with Crippen LogP contribution in [0.4, 0.5) is 0 Å². The molecule has 2 bridgehead atoms. The van der Waals surface area contributed by atoms with Crippen LogP contribution in [0.1, 0.15) is 54.4 Å². The lowest BCUT2D eigenvalue weighted by molar-refractivity contribution is -0.148. The second-order valence-electron chi connectivity index (χ2n) is 7.75. The van der Waals surface area contributed by atoms with Crippen LogP contribution < -0.4 is 10.6 Å². The summed E-state index contributed by atoms with van der Waals surface area (Å²) in [6.07, 6.45) is 5.59. The van der Waals surface area contributed by atoms with Gasteiger partial charge in [0.2, 0.25) is 5.91 Å². The topological polar surface area (TPSA) is 87.2 Å². The zero-order valence-electron chi connectivity index (χ0n) is 15.6. The van der Waals surface area contributed by atoms with Crippen molar-refractivity contribution in [2.24, 2.45) is 11.8 Å². The monoisotopic (exact) mass is 413 g/mol. The van der Waals surface area contributed by atoms with Crippen LogP contribution in [0, 0.1) is 11.8 Å². The molecule has 4 atom stereocenters. The number of nitrogens with zero attached hydrogens (tertiary/aromatic N) is 3. The highest BCUT2D eigenvalue weighted by Gasteiger charge is 2.47. The Balaban J connectivity index is 0.00000210. The zero-order valence-corrected chi connectivity index (χ0v) is 17.3. The normalized spacial score (nSPS) is 29.7. The molecule has 3 fully saturated rings. The van der Waals surface area contributed by atoms with Gasteiger partial charge in [0.1, 0.15) is 4.88 Å². The van der Waals surface area contributed by atoms with E-state index in [-0.39, 0.29) is 30.3 Å². The number of rotatable bonds is 5. The lowest BCUT2D eigenvalue weighted by Crippen LogP contribution is -2.66. The van der Waals surface area contributed by atoms with Gasteiger partial charge in [-0.3, -0.25) is 9.59 Å². The van der Waals surface area contributed by atoms with Gasteiger partial charge in [-0.05, 0) is 55.6 Å². The maximum absolute atomic E-state index is 12.7. The van der Waals surface area contributed by atoms with Crippen LogP contribution in [0.2, 0.25) is 0 Å². The minimum atomic E-state index is -0.102. The maximum atomic E-state index is 12.7. The van der Waals surface area contributed by atoms with Gasteiger partial charge in [0.15, 0.2) is 0 Å². The molecule has 3 aliphatic heterocycles. The van der Waals surface area contributed by atoms with Crippen LogP contribution >= 0.6 is 23.9 Å². The molecule has 150 valence electrons. The summed E-state index contributed by atoms with van der Waals surface area (Å²) in [5.74, 6) is 1.15. The van der Waals surface area contributed by atoms with Gasteiger partial charge in [-0.15, -0.1) is 17.5 Å². The Morgan fingerprint density at radius 3 is 3.00 bits per heavy atom. The summed E-state index contributed by atoms with van der Waals surface area (Å²) >= 11 is 1.16. The van der Waals surface area contributed by atoms with Crippen molar-refractivity contribution in [1.82, 2.24) is 25.1 Å². The quantitative estimate of drug-likeness (QED) is 0.766. The highest BCUT2D eigenvalue weighted by molar-refractivity contribution is 7.08. The number of nitrogens with one attached hydrogen (secondary N) is 2. The summed E-state index contributed by atoms with van der Waals surface area (Å²) in [4.78, 5) is 28.1. The van der Waals surface area contributed by atoms with E-state index in [9.17, 15) is 9.59 Å². The van der Waals surface area contributed by atoms with Crippen LogP contribution in [0.3, 0.4) is 0 Å². The lowest BCUT2D eigenvalue weighted by Gasteiger charge is -2.54. The second-order valence-corrected chi connectivity index (χ2v) is 8.50. The highest BCUT2D eigenvalue weighted by Crippen LogP contribution is 2.39. The molecule has 2 N–H and O–H groups in total. The van der Waals surface area contributed by atoms with E-state index in [1.807, 2.05) is 0 Å². The van der Waals surface area contributed by atoms with Crippen LogP contribution in [-0.2, 0) is 11.2 Å². The lowest BCUT2D eigenvalue weighted by atomic mass is 9.72.